The SMILES string of the molecule is CCC(C(=O)O)S(=O)(=O)CC1CCCO1. The number of sulfone groups is 1. The second kappa shape index (κ2) is 4.94. The van der Waals surface area contributed by atoms with Crippen molar-refractivity contribution >= 4 is 15.8 Å². The Hall–Kier alpha value is -0.620. The maximum atomic E-state index is 11.7. The molecule has 5 nitrogen and oxygen atoms in total. The second-order valence-corrected chi connectivity index (χ2v) is 5.93. The summed E-state index contributed by atoms with van der Waals surface area (Å²) in [6.07, 6.45) is 1.34. The summed E-state index contributed by atoms with van der Waals surface area (Å²) in [6, 6.07) is 0. The lowest BCUT2D eigenvalue weighted by atomic mass is 10.3. The zero-order chi connectivity index (χ0) is 11.5. The van der Waals surface area contributed by atoms with Crippen molar-refractivity contribution in [3.8, 4) is 0 Å². The van der Waals surface area contributed by atoms with Crippen LogP contribution in [0.25, 0.3) is 0 Å². The van der Waals surface area contributed by atoms with Gasteiger partial charge < -0.3 is 9.84 Å². The molecule has 0 saturated carbocycles. The van der Waals surface area contributed by atoms with Crippen LogP contribution in [0.2, 0.25) is 0 Å². The van der Waals surface area contributed by atoms with Gasteiger partial charge in [-0.25, -0.2) is 8.42 Å². The van der Waals surface area contributed by atoms with Crippen molar-refractivity contribution in [3.63, 3.8) is 0 Å². The molecular weight excluding hydrogens is 220 g/mol. The summed E-state index contributed by atoms with van der Waals surface area (Å²) in [7, 11) is -3.58. The number of hydrogen-bond donors (Lipinski definition) is 1. The highest BCUT2D eigenvalue weighted by molar-refractivity contribution is 7.92. The fraction of sp³-hybridized carbons (Fsp3) is 0.889. The zero-order valence-corrected chi connectivity index (χ0v) is 9.50. The second-order valence-electron chi connectivity index (χ2n) is 3.70. The maximum Gasteiger partial charge on any atom is 0.321 e. The molecule has 0 radical (unpaired) electrons. The average Bonchev–Trinajstić information content (AvgIpc) is 2.55. The Kier molecular flexibility index (Phi) is 4.10. The highest BCUT2D eigenvalue weighted by Gasteiger charge is 2.34. The molecule has 0 aromatic rings. The smallest absolute Gasteiger partial charge is 0.321 e. The molecule has 0 aromatic carbocycles. The molecule has 1 N–H and O–H groups in total. The lowest BCUT2D eigenvalue weighted by molar-refractivity contribution is -0.136. The van der Waals surface area contributed by atoms with E-state index in [4.69, 9.17) is 9.84 Å². The molecule has 88 valence electrons. The van der Waals surface area contributed by atoms with E-state index in [2.05, 4.69) is 0 Å². The summed E-state index contributed by atoms with van der Waals surface area (Å²) >= 11 is 0. The Bertz CT molecular complexity index is 315. The largest absolute Gasteiger partial charge is 0.480 e. The van der Waals surface area contributed by atoms with E-state index in [0.717, 1.165) is 6.42 Å². The van der Waals surface area contributed by atoms with E-state index in [9.17, 15) is 13.2 Å². The van der Waals surface area contributed by atoms with Crippen LogP contribution in [-0.4, -0.2) is 43.2 Å². The first-order valence-electron chi connectivity index (χ1n) is 5.03. The van der Waals surface area contributed by atoms with Gasteiger partial charge in [0.2, 0.25) is 0 Å². The minimum Gasteiger partial charge on any atom is -0.480 e. The van der Waals surface area contributed by atoms with Crippen LogP contribution in [-0.2, 0) is 19.4 Å². The lowest BCUT2D eigenvalue weighted by Gasteiger charge is -2.14. The van der Waals surface area contributed by atoms with Crippen molar-refractivity contribution in [2.75, 3.05) is 12.4 Å². The van der Waals surface area contributed by atoms with Crippen LogP contribution < -0.4 is 0 Å². The van der Waals surface area contributed by atoms with Gasteiger partial charge in [-0.15, -0.1) is 0 Å². The third-order valence-corrected chi connectivity index (χ3v) is 4.76. The van der Waals surface area contributed by atoms with Crippen molar-refractivity contribution in [1.82, 2.24) is 0 Å². The summed E-state index contributed by atoms with van der Waals surface area (Å²) in [4.78, 5) is 10.7. The van der Waals surface area contributed by atoms with Crippen LogP contribution in [0.15, 0.2) is 0 Å². The molecule has 1 fully saturated rings. The van der Waals surface area contributed by atoms with Gasteiger partial charge in [0.05, 0.1) is 11.9 Å². The molecule has 1 aliphatic heterocycles. The summed E-state index contributed by atoms with van der Waals surface area (Å²) in [5.41, 5.74) is 0. The Morgan fingerprint density at radius 3 is 2.67 bits per heavy atom. The monoisotopic (exact) mass is 236 g/mol. The number of ether oxygens (including phenoxy) is 1. The predicted molar refractivity (Wildman–Crippen MR) is 54.5 cm³/mol. The molecule has 2 atom stereocenters. The van der Waals surface area contributed by atoms with E-state index < -0.39 is 21.1 Å². The van der Waals surface area contributed by atoms with Gasteiger partial charge in [-0.1, -0.05) is 6.92 Å². The summed E-state index contributed by atoms with van der Waals surface area (Å²) < 4.78 is 28.6. The quantitative estimate of drug-likeness (QED) is 0.749. The molecule has 0 amide bonds. The van der Waals surface area contributed by atoms with Crippen LogP contribution in [0.5, 0.6) is 0 Å². The maximum absolute atomic E-state index is 11.7. The molecule has 1 rings (SSSR count). The fourth-order valence-corrected chi connectivity index (χ4v) is 3.56. The van der Waals surface area contributed by atoms with Crippen molar-refractivity contribution < 1.29 is 23.1 Å². The van der Waals surface area contributed by atoms with Gasteiger partial charge in [0.25, 0.3) is 0 Å². The van der Waals surface area contributed by atoms with Gasteiger partial charge >= 0.3 is 5.97 Å². The highest BCUT2D eigenvalue weighted by Crippen LogP contribution is 2.17. The molecule has 1 saturated heterocycles. The third-order valence-electron chi connectivity index (χ3n) is 2.52. The standard InChI is InChI=1S/C9H16O5S/c1-2-8(9(10)11)15(12,13)6-7-4-3-5-14-7/h7-8H,2-6H2,1H3,(H,10,11). The van der Waals surface area contributed by atoms with E-state index in [1.807, 2.05) is 0 Å². The van der Waals surface area contributed by atoms with Gasteiger partial charge in [-0.2, -0.15) is 0 Å². The summed E-state index contributed by atoms with van der Waals surface area (Å²) in [6.45, 7) is 2.13. The molecule has 0 spiro atoms. The first-order chi connectivity index (χ1) is 6.97. The molecule has 0 aromatic heterocycles. The average molecular weight is 236 g/mol. The molecule has 1 aliphatic rings. The Balaban J connectivity index is 2.67. The Morgan fingerprint density at radius 1 is 1.60 bits per heavy atom. The van der Waals surface area contributed by atoms with Crippen molar-refractivity contribution in [1.29, 1.82) is 0 Å². The molecule has 15 heavy (non-hydrogen) atoms. The van der Waals surface area contributed by atoms with Gasteiger partial charge in [0.1, 0.15) is 0 Å². The van der Waals surface area contributed by atoms with E-state index >= 15 is 0 Å². The van der Waals surface area contributed by atoms with E-state index in [1.54, 1.807) is 6.92 Å². The first-order valence-corrected chi connectivity index (χ1v) is 6.75. The molecule has 0 aliphatic carbocycles. The zero-order valence-electron chi connectivity index (χ0n) is 8.68. The molecule has 6 heteroatoms. The van der Waals surface area contributed by atoms with Gasteiger partial charge in [-0.05, 0) is 19.3 Å². The number of carboxylic acids is 1. The first kappa shape index (κ1) is 12.4. The molecular formula is C9H16O5S. The van der Waals surface area contributed by atoms with Gasteiger partial charge in [-0.3, -0.25) is 4.79 Å². The number of rotatable bonds is 5. The number of aliphatic carboxylic acids is 1. The van der Waals surface area contributed by atoms with Crippen LogP contribution >= 0.6 is 0 Å². The number of hydrogen-bond acceptors (Lipinski definition) is 4. The Morgan fingerprint density at radius 2 is 2.27 bits per heavy atom. The van der Waals surface area contributed by atoms with Crippen LogP contribution in [0.4, 0.5) is 0 Å². The molecule has 1 heterocycles. The number of carboxylic acid groups (broad SMARTS) is 1. The minimum atomic E-state index is -3.58. The summed E-state index contributed by atoms with van der Waals surface area (Å²) in [5, 5.41) is 7.47. The van der Waals surface area contributed by atoms with Gasteiger partial charge in [0.15, 0.2) is 15.1 Å². The molecule has 0 bridgehead atoms. The van der Waals surface area contributed by atoms with E-state index in [0.29, 0.717) is 13.0 Å². The van der Waals surface area contributed by atoms with E-state index in [1.165, 1.54) is 0 Å². The normalized spacial score (nSPS) is 23.9. The van der Waals surface area contributed by atoms with E-state index in [-0.39, 0.29) is 18.3 Å². The van der Waals surface area contributed by atoms with Crippen LogP contribution in [0.1, 0.15) is 26.2 Å². The lowest BCUT2D eigenvalue weighted by Crippen LogP contribution is -2.35. The topological polar surface area (TPSA) is 80.7 Å². The number of carbonyl (C=O) groups is 1. The minimum absolute atomic E-state index is 0.102. The van der Waals surface area contributed by atoms with Crippen molar-refractivity contribution in [2.24, 2.45) is 0 Å². The van der Waals surface area contributed by atoms with Gasteiger partial charge in [0, 0.05) is 6.61 Å². The van der Waals surface area contributed by atoms with Crippen LogP contribution in [0, 0.1) is 0 Å². The molecule has 2 unspecified atom stereocenters. The summed E-state index contributed by atoms with van der Waals surface area (Å²) in [5.74, 6) is -1.44. The fourth-order valence-electron chi connectivity index (χ4n) is 1.73. The van der Waals surface area contributed by atoms with Crippen LogP contribution in [0.3, 0.4) is 0 Å². The van der Waals surface area contributed by atoms with Crippen molar-refractivity contribution in [3.05, 3.63) is 0 Å². The predicted octanol–water partition coefficient (Wildman–Crippen LogP) is 0.443. The third kappa shape index (κ3) is 3.17. The van der Waals surface area contributed by atoms with Crippen molar-refractivity contribution in [2.45, 2.75) is 37.5 Å². The highest BCUT2D eigenvalue weighted by atomic mass is 32.2. The Labute approximate surface area is 89.3 Å².